The monoisotopic (exact) mass is 325 g/mol. The molecule has 2 rings (SSSR count). The maximum absolute atomic E-state index is 12.9. The highest BCUT2D eigenvalue weighted by Crippen LogP contribution is 2.30. The molecule has 1 heterocycles. The van der Waals surface area contributed by atoms with E-state index in [9.17, 15) is 9.18 Å². The van der Waals surface area contributed by atoms with E-state index in [2.05, 4.69) is 15.5 Å². The van der Waals surface area contributed by atoms with Gasteiger partial charge in [0.1, 0.15) is 5.82 Å². The molecule has 0 spiro atoms. The van der Waals surface area contributed by atoms with Gasteiger partial charge < -0.3 is 5.32 Å². The molecule has 4 nitrogen and oxygen atoms in total. The van der Waals surface area contributed by atoms with E-state index in [0.29, 0.717) is 5.56 Å². The lowest BCUT2D eigenvalue weighted by atomic mass is 10.1. The highest BCUT2D eigenvalue weighted by molar-refractivity contribution is 8.02. The Kier molecular flexibility index (Phi) is 5.30. The van der Waals surface area contributed by atoms with E-state index >= 15 is 0 Å². The van der Waals surface area contributed by atoms with Crippen LogP contribution in [-0.2, 0) is 0 Å². The van der Waals surface area contributed by atoms with Crippen molar-refractivity contribution < 1.29 is 9.18 Å². The van der Waals surface area contributed by atoms with Crippen LogP contribution in [0.15, 0.2) is 28.6 Å². The Morgan fingerprint density at radius 2 is 1.90 bits per heavy atom. The highest BCUT2D eigenvalue weighted by atomic mass is 32.2. The minimum Gasteiger partial charge on any atom is -0.358 e. The van der Waals surface area contributed by atoms with E-state index in [1.54, 1.807) is 0 Å². The van der Waals surface area contributed by atoms with Crippen molar-refractivity contribution in [3.63, 3.8) is 0 Å². The van der Waals surface area contributed by atoms with E-state index in [4.69, 9.17) is 0 Å². The van der Waals surface area contributed by atoms with Gasteiger partial charge in [-0.3, -0.25) is 4.79 Å². The molecule has 0 aliphatic rings. The number of nitrogens with zero attached hydrogens (tertiary/aromatic N) is 2. The third-order valence-electron chi connectivity index (χ3n) is 2.59. The number of carbonyl (C=O) groups excluding carboxylic acids is 1. The number of anilines is 1. The molecule has 0 aliphatic carbocycles. The van der Waals surface area contributed by atoms with Gasteiger partial charge in [-0.25, -0.2) is 4.39 Å². The van der Waals surface area contributed by atoms with Crippen LogP contribution >= 0.6 is 23.1 Å². The summed E-state index contributed by atoms with van der Waals surface area (Å²) in [5.41, 5.74) is 0.501. The van der Waals surface area contributed by atoms with Crippen LogP contribution in [0.4, 0.5) is 9.52 Å². The molecule has 0 saturated heterocycles. The number of carbonyl (C=O) groups is 1. The second-order valence-corrected chi connectivity index (χ2v) is 7.37. The molecule has 1 aromatic heterocycles. The minimum absolute atomic E-state index is 0.0476. The van der Waals surface area contributed by atoms with Gasteiger partial charge in [0.15, 0.2) is 10.1 Å². The fourth-order valence-electron chi connectivity index (χ4n) is 1.62. The molecule has 21 heavy (non-hydrogen) atoms. The number of nitrogens with one attached hydrogen (secondary N) is 1. The van der Waals surface area contributed by atoms with Gasteiger partial charge in [0.25, 0.3) is 0 Å². The Morgan fingerprint density at radius 3 is 2.52 bits per heavy atom. The average Bonchev–Trinajstić information content (AvgIpc) is 2.85. The van der Waals surface area contributed by atoms with Crippen molar-refractivity contribution in [2.75, 3.05) is 5.32 Å². The Bertz CT molecular complexity index is 613. The number of halogens is 1. The molecule has 0 fully saturated rings. The molecule has 1 atom stereocenters. The zero-order chi connectivity index (χ0) is 15.4. The number of ketones is 1. The van der Waals surface area contributed by atoms with E-state index < -0.39 is 0 Å². The summed E-state index contributed by atoms with van der Waals surface area (Å²) in [4.78, 5) is 12.2. The second-order valence-electron chi connectivity index (χ2n) is 4.80. The van der Waals surface area contributed by atoms with Gasteiger partial charge in [0, 0.05) is 11.6 Å². The normalized spacial score (nSPS) is 12.4. The smallest absolute Gasteiger partial charge is 0.206 e. The van der Waals surface area contributed by atoms with Crippen LogP contribution in [0.2, 0.25) is 0 Å². The summed E-state index contributed by atoms with van der Waals surface area (Å²) in [6.45, 7) is 5.86. The van der Waals surface area contributed by atoms with Crippen molar-refractivity contribution in [3.8, 4) is 0 Å². The zero-order valence-corrected chi connectivity index (χ0v) is 13.6. The summed E-state index contributed by atoms with van der Waals surface area (Å²) in [7, 11) is 0. The first kappa shape index (κ1) is 15.9. The van der Waals surface area contributed by atoms with Crippen molar-refractivity contribution >= 4 is 34.0 Å². The lowest BCUT2D eigenvalue weighted by Gasteiger charge is -2.07. The van der Waals surface area contributed by atoms with Gasteiger partial charge in [-0.05, 0) is 45.0 Å². The molecule has 0 unspecified atom stereocenters. The lowest BCUT2D eigenvalue weighted by Crippen LogP contribution is -2.13. The molecule has 0 amide bonds. The van der Waals surface area contributed by atoms with E-state index in [1.165, 1.54) is 47.4 Å². The van der Waals surface area contributed by atoms with E-state index in [0.717, 1.165) is 9.47 Å². The van der Waals surface area contributed by atoms with Crippen molar-refractivity contribution in [1.29, 1.82) is 0 Å². The Morgan fingerprint density at radius 1 is 1.24 bits per heavy atom. The van der Waals surface area contributed by atoms with Gasteiger partial charge in [-0.1, -0.05) is 23.1 Å². The number of benzene rings is 1. The van der Waals surface area contributed by atoms with Crippen LogP contribution in [0.1, 0.15) is 31.1 Å². The van der Waals surface area contributed by atoms with Crippen LogP contribution in [0.5, 0.6) is 0 Å². The minimum atomic E-state index is -0.347. The zero-order valence-electron chi connectivity index (χ0n) is 12.0. The Labute approximate surface area is 131 Å². The Balaban J connectivity index is 2.00. The first-order chi connectivity index (χ1) is 9.95. The first-order valence-corrected chi connectivity index (χ1v) is 8.22. The molecule has 1 N–H and O–H groups in total. The molecule has 0 aliphatic heterocycles. The van der Waals surface area contributed by atoms with Gasteiger partial charge in [-0.2, -0.15) is 0 Å². The summed E-state index contributed by atoms with van der Waals surface area (Å²) in [6, 6.07) is 5.87. The summed E-state index contributed by atoms with van der Waals surface area (Å²) < 4.78 is 13.6. The molecule has 1 aromatic carbocycles. The average molecular weight is 325 g/mol. The lowest BCUT2D eigenvalue weighted by molar-refractivity contribution is 0.0994. The van der Waals surface area contributed by atoms with Gasteiger partial charge in [0.05, 0.1) is 5.25 Å². The maximum atomic E-state index is 12.9. The molecular weight excluding hydrogens is 309 g/mol. The molecule has 0 bridgehead atoms. The summed E-state index contributed by atoms with van der Waals surface area (Å²) >= 11 is 2.78. The predicted molar refractivity (Wildman–Crippen MR) is 84.7 cm³/mol. The second kappa shape index (κ2) is 7.00. The van der Waals surface area contributed by atoms with Crippen molar-refractivity contribution in [2.45, 2.75) is 36.4 Å². The van der Waals surface area contributed by atoms with Crippen molar-refractivity contribution in [3.05, 3.63) is 35.6 Å². The van der Waals surface area contributed by atoms with E-state index in [-0.39, 0.29) is 22.9 Å². The molecule has 7 heteroatoms. The molecule has 112 valence electrons. The number of thioether (sulfide) groups is 1. The van der Waals surface area contributed by atoms with Crippen LogP contribution in [-0.4, -0.2) is 27.3 Å². The van der Waals surface area contributed by atoms with Crippen LogP contribution in [0.3, 0.4) is 0 Å². The molecular formula is C14H16FN3OS2. The first-order valence-electron chi connectivity index (χ1n) is 6.52. The van der Waals surface area contributed by atoms with Crippen LogP contribution in [0.25, 0.3) is 0 Å². The van der Waals surface area contributed by atoms with Crippen LogP contribution in [0, 0.1) is 5.82 Å². The standard InChI is InChI=1S/C14H16FN3OS2/c1-8(2)16-13-17-18-14(21-13)20-9(3)12(19)10-4-6-11(15)7-5-10/h4-9H,1-3H3,(H,16,17)/t9-/m1/s1. The summed E-state index contributed by atoms with van der Waals surface area (Å²) in [6.07, 6.45) is 0. The SMILES string of the molecule is CC(C)Nc1nnc(S[C@H](C)C(=O)c2ccc(F)cc2)s1. The fourth-order valence-corrected chi connectivity index (χ4v) is 3.74. The molecule has 0 radical (unpaired) electrons. The maximum Gasteiger partial charge on any atom is 0.206 e. The largest absolute Gasteiger partial charge is 0.358 e. The van der Waals surface area contributed by atoms with Gasteiger partial charge >= 0.3 is 0 Å². The third-order valence-corrected chi connectivity index (χ3v) is 4.63. The van der Waals surface area contributed by atoms with Crippen LogP contribution < -0.4 is 5.32 Å². The molecule has 0 saturated carbocycles. The topological polar surface area (TPSA) is 54.9 Å². The van der Waals surface area contributed by atoms with Gasteiger partial charge in [0.2, 0.25) is 5.13 Å². The Hall–Kier alpha value is -1.47. The quantitative estimate of drug-likeness (QED) is 0.645. The number of Topliss-reactive ketones (excluding diaryl/α,β-unsaturated/α-hetero) is 1. The predicted octanol–water partition coefficient (Wildman–Crippen LogP) is 3.86. The summed E-state index contributed by atoms with van der Waals surface area (Å²) in [5, 5.41) is 11.7. The van der Waals surface area contributed by atoms with Gasteiger partial charge in [-0.15, -0.1) is 10.2 Å². The van der Waals surface area contributed by atoms with Crippen molar-refractivity contribution in [1.82, 2.24) is 10.2 Å². The summed E-state index contributed by atoms with van der Waals surface area (Å²) in [5.74, 6) is -0.394. The number of aromatic nitrogens is 2. The number of hydrogen-bond donors (Lipinski definition) is 1. The third kappa shape index (κ3) is 4.50. The van der Waals surface area contributed by atoms with E-state index in [1.807, 2.05) is 20.8 Å². The van der Waals surface area contributed by atoms with Crippen molar-refractivity contribution in [2.24, 2.45) is 0 Å². The number of hydrogen-bond acceptors (Lipinski definition) is 6. The molecule has 2 aromatic rings. The number of rotatable bonds is 6. The highest BCUT2D eigenvalue weighted by Gasteiger charge is 2.19. The fraction of sp³-hybridized carbons (Fsp3) is 0.357.